The normalized spacial score (nSPS) is 10.8. The summed E-state index contributed by atoms with van der Waals surface area (Å²) in [5.41, 5.74) is 3.84. The second kappa shape index (κ2) is 6.63. The molecule has 28 heavy (non-hydrogen) atoms. The maximum absolute atomic E-state index is 12.1. The quantitative estimate of drug-likeness (QED) is 0.568. The molecule has 0 amide bonds. The maximum atomic E-state index is 12.1. The molecule has 6 nitrogen and oxygen atoms in total. The predicted octanol–water partition coefficient (Wildman–Crippen LogP) is 3.35. The third-order valence-corrected chi connectivity index (χ3v) is 4.74. The number of hydrogen-bond donors (Lipinski definition) is 2. The van der Waals surface area contributed by atoms with Gasteiger partial charge in [0.25, 0.3) is 0 Å². The van der Waals surface area contributed by atoms with Crippen molar-refractivity contribution in [2.75, 3.05) is 0 Å². The highest BCUT2D eigenvalue weighted by molar-refractivity contribution is 5.97. The first-order chi connectivity index (χ1) is 13.5. The van der Waals surface area contributed by atoms with E-state index in [9.17, 15) is 10.1 Å². The topological polar surface area (TPSA) is 98.3 Å². The fourth-order valence-corrected chi connectivity index (χ4v) is 3.44. The Labute approximate surface area is 160 Å². The average molecular weight is 367 g/mol. The van der Waals surface area contributed by atoms with E-state index >= 15 is 0 Å². The van der Waals surface area contributed by atoms with E-state index in [1.807, 2.05) is 61.5 Å². The molecule has 6 heteroatoms. The molecule has 2 heterocycles. The molecule has 0 atom stereocenters. The minimum absolute atomic E-state index is 0.00444. The van der Waals surface area contributed by atoms with Gasteiger partial charge in [0.1, 0.15) is 17.1 Å². The first-order valence-electron chi connectivity index (χ1n) is 8.78. The van der Waals surface area contributed by atoms with Gasteiger partial charge in [-0.2, -0.15) is 10.2 Å². The molecule has 0 spiro atoms. The summed E-state index contributed by atoms with van der Waals surface area (Å²) in [7, 11) is 0. The van der Waals surface area contributed by atoms with Crippen LogP contribution in [-0.2, 0) is 0 Å². The van der Waals surface area contributed by atoms with Gasteiger partial charge in [-0.1, -0.05) is 48.0 Å². The zero-order chi connectivity index (χ0) is 19.8. The molecule has 0 saturated carbocycles. The fraction of sp³-hybridized carbons (Fsp3) is 0.0909. The van der Waals surface area contributed by atoms with E-state index in [2.05, 4.69) is 16.0 Å². The number of aromatic nitrogens is 3. The number of fused-ring (bicyclic) bond motifs is 1. The maximum Gasteiger partial charge on any atom is 0.347 e. The lowest BCUT2D eigenvalue weighted by atomic mass is 9.96. The number of benzene rings is 2. The summed E-state index contributed by atoms with van der Waals surface area (Å²) in [4.78, 5) is 19.1. The van der Waals surface area contributed by atoms with E-state index in [0.29, 0.717) is 28.0 Å². The fourth-order valence-electron chi connectivity index (χ4n) is 3.44. The van der Waals surface area contributed by atoms with Crippen LogP contribution < -0.4 is 11.2 Å². The van der Waals surface area contributed by atoms with Crippen molar-refractivity contribution in [2.45, 2.75) is 13.8 Å². The third-order valence-electron chi connectivity index (χ3n) is 4.74. The highest BCUT2D eigenvalue weighted by Gasteiger charge is 2.20. The summed E-state index contributed by atoms with van der Waals surface area (Å²) in [5, 5.41) is 19.3. The Hall–Kier alpha value is -3.98. The van der Waals surface area contributed by atoms with Gasteiger partial charge in [-0.05, 0) is 31.5 Å². The van der Waals surface area contributed by atoms with Gasteiger partial charge in [0, 0.05) is 22.3 Å². The molecule has 0 aliphatic carbocycles. The van der Waals surface area contributed by atoms with E-state index in [0.717, 1.165) is 11.1 Å². The molecule has 0 fully saturated rings. The number of pyridine rings is 1. The molecule has 0 bridgehead atoms. The molecule has 2 N–H and O–H groups in total. The summed E-state index contributed by atoms with van der Waals surface area (Å²) in [6, 6.07) is 19.2. The molecule has 4 rings (SSSR count). The lowest BCUT2D eigenvalue weighted by Gasteiger charge is -2.17. The SMILES string of the molecule is Cc1ccc(-n2c(=N)c(C#N)c(-c3ccccc3)c3c(C)[nH]c(=O)nc32)cc1. The summed E-state index contributed by atoms with van der Waals surface area (Å²) < 4.78 is 1.56. The van der Waals surface area contributed by atoms with Crippen molar-refractivity contribution in [3.63, 3.8) is 0 Å². The number of nitrogens with one attached hydrogen (secondary N) is 2. The Balaban J connectivity index is 2.27. The number of nitriles is 1. The molecule has 136 valence electrons. The van der Waals surface area contributed by atoms with Crippen molar-refractivity contribution in [1.82, 2.24) is 14.5 Å². The minimum Gasteiger partial charge on any atom is -0.309 e. The van der Waals surface area contributed by atoms with Gasteiger partial charge in [-0.25, -0.2) is 4.79 Å². The zero-order valence-electron chi connectivity index (χ0n) is 15.4. The average Bonchev–Trinajstić information content (AvgIpc) is 2.68. The van der Waals surface area contributed by atoms with Crippen LogP contribution in [0.1, 0.15) is 16.8 Å². The number of H-pyrrole nitrogens is 1. The third kappa shape index (κ3) is 2.70. The van der Waals surface area contributed by atoms with Crippen molar-refractivity contribution in [2.24, 2.45) is 0 Å². The van der Waals surface area contributed by atoms with Crippen LogP contribution in [0.15, 0.2) is 59.4 Å². The van der Waals surface area contributed by atoms with Crippen LogP contribution in [0, 0.1) is 30.6 Å². The van der Waals surface area contributed by atoms with Gasteiger partial charge in [-0.15, -0.1) is 0 Å². The van der Waals surface area contributed by atoms with Crippen molar-refractivity contribution in [3.8, 4) is 22.9 Å². The zero-order valence-corrected chi connectivity index (χ0v) is 15.4. The summed E-state index contributed by atoms with van der Waals surface area (Å²) in [6.07, 6.45) is 0. The number of rotatable bonds is 2. The van der Waals surface area contributed by atoms with Crippen LogP contribution in [0.3, 0.4) is 0 Å². The number of aromatic amines is 1. The molecule has 4 aromatic rings. The van der Waals surface area contributed by atoms with Crippen molar-refractivity contribution >= 4 is 11.0 Å². The van der Waals surface area contributed by atoms with Crippen LogP contribution in [0.2, 0.25) is 0 Å². The van der Waals surface area contributed by atoms with Gasteiger partial charge >= 0.3 is 5.69 Å². The first kappa shape index (κ1) is 17.4. The van der Waals surface area contributed by atoms with E-state index in [1.165, 1.54) is 0 Å². The summed E-state index contributed by atoms with van der Waals surface area (Å²) in [6.45, 7) is 3.75. The second-order valence-electron chi connectivity index (χ2n) is 6.61. The van der Waals surface area contributed by atoms with Gasteiger partial charge < -0.3 is 4.98 Å². The lowest BCUT2D eigenvalue weighted by Crippen LogP contribution is -2.26. The molecule has 0 aliphatic rings. The number of hydrogen-bond acceptors (Lipinski definition) is 4. The number of aryl methyl sites for hydroxylation is 2. The second-order valence-corrected chi connectivity index (χ2v) is 6.61. The highest BCUT2D eigenvalue weighted by atomic mass is 16.1. The Bertz CT molecular complexity index is 1360. The molecule has 0 aliphatic heterocycles. The molecule has 2 aromatic heterocycles. The van der Waals surface area contributed by atoms with E-state index in [4.69, 9.17) is 5.41 Å². The minimum atomic E-state index is -0.492. The van der Waals surface area contributed by atoms with Crippen LogP contribution in [0.25, 0.3) is 27.8 Å². The standard InChI is InChI=1S/C22H17N5O/c1-13-8-10-16(11-9-13)27-20(24)17(12-23)19(15-6-4-3-5-7-15)18-14(2)25-22(28)26-21(18)27/h3-11,24H,1-2H3,(H,25,26,28). The molecule has 0 unspecified atom stereocenters. The predicted molar refractivity (Wildman–Crippen MR) is 107 cm³/mol. The smallest absolute Gasteiger partial charge is 0.309 e. The Morgan fingerprint density at radius 3 is 2.39 bits per heavy atom. The summed E-state index contributed by atoms with van der Waals surface area (Å²) in [5.74, 6) is 0. The Morgan fingerprint density at radius 1 is 1.07 bits per heavy atom. The van der Waals surface area contributed by atoms with Gasteiger partial charge in [0.2, 0.25) is 0 Å². The van der Waals surface area contributed by atoms with E-state index < -0.39 is 5.69 Å². The molecular weight excluding hydrogens is 350 g/mol. The highest BCUT2D eigenvalue weighted by Crippen LogP contribution is 2.31. The van der Waals surface area contributed by atoms with Crippen LogP contribution >= 0.6 is 0 Å². The van der Waals surface area contributed by atoms with Gasteiger partial charge in [0.05, 0.1) is 0 Å². The number of nitrogens with zero attached hydrogens (tertiary/aromatic N) is 3. The van der Waals surface area contributed by atoms with Crippen molar-refractivity contribution in [1.29, 1.82) is 10.7 Å². The van der Waals surface area contributed by atoms with Crippen molar-refractivity contribution in [3.05, 3.63) is 87.4 Å². The monoisotopic (exact) mass is 367 g/mol. The molecule has 0 saturated heterocycles. The van der Waals surface area contributed by atoms with E-state index in [1.54, 1.807) is 11.5 Å². The molecular formula is C22H17N5O. The first-order valence-corrected chi connectivity index (χ1v) is 8.78. The molecule has 0 radical (unpaired) electrons. The largest absolute Gasteiger partial charge is 0.347 e. The Kier molecular flexibility index (Phi) is 4.13. The van der Waals surface area contributed by atoms with Crippen LogP contribution in [0.4, 0.5) is 0 Å². The lowest BCUT2D eigenvalue weighted by molar-refractivity contribution is 0.920. The van der Waals surface area contributed by atoms with Gasteiger partial charge in [0.15, 0.2) is 5.65 Å². The van der Waals surface area contributed by atoms with E-state index in [-0.39, 0.29) is 11.1 Å². The van der Waals surface area contributed by atoms with Crippen LogP contribution in [0.5, 0.6) is 0 Å². The van der Waals surface area contributed by atoms with Crippen molar-refractivity contribution < 1.29 is 0 Å². The molecule has 2 aromatic carbocycles. The summed E-state index contributed by atoms with van der Waals surface area (Å²) >= 11 is 0. The van der Waals surface area contributed by atoms with Crippen LogP contribution in [-0.4, -0.2) is 14.5 Å². The van der Waals surface area contributed by atoms with Gasteiger partial charge in [-0.3, -0.25) is 9.98 Å². The Morgan fingerprint density at radius 2 is 1.75 bits per heavy atom.